The van der Waals surface area contributed by atoms with Gasteiger partial charge >= 0.3 is 0 Å². The monoisotopic (exact) mass is 439 g/mol. The van der Waals surface area contributed by atoms with Crippen LogP contribution in [0.15, 0.2) is 95.8 Å². The van der Waals surface area contributed by atoms with E-state index in [4.69, 9.17) is 4.74 Å². The number of carbonyl (C=O) groups is 1. The first-order chi connectivity index (χ1) is 16.1. The van der Waals surface area contributed by atoms with Crippen molar-refractivity contribution in [2.45, 2.75) is 26.7 Å². The lowest BCUT2D eigenvalue weighted by molar-refractivity contribution is 0.0943. The highest BCUT2D eigenvalue weighted by molar-refractivity contribution is 5.92. The number of amides is 1. The van der Waals surface area contributed by atoms with Crippen LogP contribution >= 0.6 is 0 Å². The molecular weight excluding hydrogens is 414 g/mol. The molecule has 1 N–H and O–H groups in total. The molecule has 166 valence electrons. The Morgan fingerprint density at radius 2 is 1.42 bits per heavy atom. The Hall–Kier alpha value is -4.03. The van der Waals surface area contributed by atoms with Gasteiger partial charge in [-0.1, -0.05) is 72.8 Å². The lowest BCUT2D eigenvalue weighted by atomic mass is 10.1. The van der Waals surface area contributed by atoms with Crippen LogP contribution in [-0.2, 0) is 24.5 Å². The second-order valence-electron chi connectivity index (χ2n) is 7.72. The number of carbonyl (C=O) groups excluding carboxylic acids is 1. The van der Waals surface area contributed by atoms with Crippen LogP contribution in [0, 0.1) is 6.92 Å². The number of para-hydroxylation sites is 1. The van der Waals surface area contributed by atoms with E-state index in [1.807, 2.05) is 84.9 Å². The van der Waals surface area contributed by atoms with Crippen molar-refractivity contribution >= 4 is 5.91 Å². The van der Waals surface area contributed by atoms with Crippen molar-refractivity contribution in [3.8, 4) is 5.69 Å². The third kappa shape index (κ3) is 5.81. The lowest BCUT2D eigenvalue weighted by Crippen LogP contribution is -2.31. The molecule has 6 heteroatoms. The summed E-state index contributed by atoms with van der Waals surface area (Å²) >= 11 is 0. The molecule has 4 rings (SSSR count). The van der Waals surface area contributed by atoms with E-state index in [2.05, 4.69) is 10.4 Å². The van der Waals surface area contributed by atoms with E-state index >= 15 is 0 Å². The Morgan fingerprint density at radius 1 is 0.848 bits per heavy atom. The number of benzene rings is 3. The summed E-state index contributed by atoms with van der Waals surface area (Å²) in [6.07, 6.45) is 0. The maximum Gasteiger partial charge on any atom is 0.276 e. The standard InChI is InChI=1S/C27H25N3O3/c1-20-16-25(31)26(29-30(20)24-10-6-3-7-11-24)27(32)28-17-21-12-14-23(15-13-21)19-33-18-22-8-4-2-5-9-22/h2-16H,17-19H2,1H3,(H,28,32). The topological polar surface area (TPSA) is 73.2 Å². The van der Waals surface area contributed by atoms with E-state index in [0.717, 1.165) is 22.4 Å². The molecule has 1 amide bonds. The number of aryl methyl sites for hydroxylation is 1. The van der Waals surface area contributed by atoms with Crippen molar-refractivity contribution in [1.82, 2.24) is 15.1 Å². The Balaban J connectivity index is 1.35. The molecule has 0 saturated carbocycles. The van der Waals surface area contributed by atoms with E-state index < -0.39 is 11.3 Å². The van der Waals surface area contributed by atoms with E-state index in [1.165, 1.54) is 6.07 Å². The van der Waals surface area contributed by atoms with Gasteiger partial charge in [0.15, 0.2) is 5.69 Å². The summed E-state index contributed by atoms with van der Waals surface area (Å²) in [5.41, 5.74) is 4.02. The quantitative estimate of drug-likeness (QED) is 0.447. The zero-order valence-corrected chi connectivity index (χ0v) is 18.4. The van der Waals surface area contributed by atoms with Gasteiger partial charge in [-0.25, -0.2) is 4.68 Å². The zero-order valence-electron chi connectivity index (χ0n) is 18.4. The molecule has 0 bridgehead atoms. The zero-order chi connectivity index (χ0) is 23.0. The van der Waals surface area contributed by atoms with E-state index in [0.29, 0.717) is 25.5 Å². The number of aromatic nitrogens is 2. The number of hydrogen-bond donors (Lipinski definition) is 1. The molecule has 0 radical (unpaired) electrons. The van der Waals surface area contributed by atoms with Crippen molar-refractivity contribution in [3.05, 3.63) is 129 Å². The summed E-state index contributed by atoms with van der Waals surface area (Å²) in [5, 5.41) is 7.10. The Labute approximate surface area is 192 Å². The van der Waals surface area contributed by atoms with Crippen LogP contribution in [0.5, 0.6) is 0 Å². The number of rotatable bonds is 8. The van der Waals surface area contributed by atoms with Gasteiger partial charge in [0.05, 0.1) is 18.9 Å². The van der Waals surface area contributed by atoms with Gasteiger partial charge in [0.1, 0.15) is 0 Å². The Bertz CT molecular complexity index is 1270. The van der Waals surface area contributed by atoms with Crippen LogP contribution in [-0.4, -0.2) is 15.7 Å². The van der Waals surface area contributed by atoms with Crippen molar-refractivity contribution in [1.29, 1.82) is 0 Å². The molecule has 0 aliphatic heterocycles. The minimum Gasteiger partial charge on any atom is -0.372 e. The summed E-state index contributed by atoms with van der Waals surface area (Å²) in [5.74, 6) is -0.500. The smallest absolute Gasteiger partial charge is 0.276 e. The van der Waals surface area contributed by atoms with Gasteiger partial charge in [0.2, 0.25) is 5.43 Å². The average Bonchev–Trinajstić information content (AvgIpc) is 2.85. The molecule has 4 aromatic rings. The van der Waals surface area contributed by atoms with Gasteiger partial charge in [-0.2, -0.15) is 5.10 Å². The summed E-state index contributed by atoms with van der Waals surface area (Å²) in [6, 6.07) is 28.7. The second-order valence-corrected chi connectivity index (χ2v) is 7.72. The van der Waals surface area contributed by atoms with E-state index in [-0.39, 0.29) is 5.69 Å². The maximum absolute atomic E-state index is 12.7. The average molecular weight is 440 g/mol. The number of nitrogens with zero attached hydrogens (tertiary/aromatic N) is 2. The van der Waals surface area contributed by atoms with Gasteiger partial charge in [-0.3, -0.25) is 9.59 Å². The van der Waals surface area contributed by atoms with Crippen molar-refractivity contribution < 1.29 is 9.53 Å². The molecule has 0 atom stereocenters. The molecule has 6 nitrogen and oxygen atoms in total. The predicted octanol–water partition coefficient (Wildman–Crippen LogP) is 4.19. The summed E-state index contributed by atoms with van der Waals surface area (Å²) in [6.45, 7) is 3.15. The van der Waals surface area contributed by atoms with Crippen LogP contribution in [0.25, 0.3) is 5.69 Å². The molecule has 0 spiro atoms. The molecule has 3 aromatic carbocycles. The van der Waals surface area contributed by atoms with Crippen LogP contribution in [0.3, 0.4) is 0 Å². The van der Waals surface area contributed by atoms with Crippen molar-refractivity contribution in [2.75, 3.05) is 0 Å². The van der Waals surface area contributed by atoms with Gasteiger partial charge in [0, 0.05) is 18.3 Å². The number of nitrogens with one attached hydrogen (secondary N) is 1. The van der Waals surface area contributed by atoms with E-state index in [1.54, 1.807) is 11.6 Å². The van der Waals surface area contributed by atoms with Crippen molar-refractivity contribution in [3.63, 3.8) is 0 Å². The highest BCUT2D eigenvalue weighted by atomic mass is 16.5. The summed E-state index contributed by atoms with van der Waals surface area (Å²) < 4.78 is 7.35. The van der Waals surface area contributed by atoms with Gasteiger partial charge in [-0.05, 0) is 35.7 Å². The second kappa shape index (κ2) is 10.5. The Kier molecular flexibility index (Phi) is 7.07. The molecule has 0 saturated heterocycles. The molecule has 1 heterocycles. The summed E-state index contributed by atoms with van der Waals surface area (Å²) in [4.78, 5) is 25.0. The third-order valence-electron chi connectivity index (χ3n) is 5.18. The molecule has 33 heavy (non-hydrogen) atoms. The lowest BCUT2D eigenvalue weighted by Gasteiger charge is -2.11. The van der Waals surface area contributed by atoms with Crippen LogP contribution < -0.4 is 10.7 Å². The fourth-order valence-electron chi connectivity index (χ4n) is 3.42. The SMILES string of the molecule is Cc1cc(=O)c(C(=O)NCc2ccc(COCc3ccccc3)cc2)nn1-c1ccccc1. The fraction of sp³-hybridized carbons (Fsp3) is 0.148. The first kappa shape index (κ1) is 22.2. The van der Waals surface area contributed by atoms with Gasteiger partial charge in [0.25, 0.3) is 5.91 Å². The molecule has 0 aliphatic carbocycles. The predicted molar refractivity (Wildman–Crippen MR) is 127 cm³/mol. The highest BCUT2D eigenvalue weighted by Gasteiger charge is 2.15. The minimum atomic E-state index is -0.500. The molecule has 1 aromatic heterocycles. The number of ether oxygens (including phenoxy) is 1. The molecule has 0 unspecified atom stereocenters. The van der Waals surface area contributed by atoms with Gasteiger partial charge < -0.3 is 10.1 Å². The highest BCUT2D eigenvalue weighted by Crippen LogP contribution is 2.10. The fourth-order valence-corrected chi connectivity index (χ4v) is 3.42. The first-order valence-corrected chi connectivity index (χ1v) is 10.7. The van der Waals surface area contributed by atoms with Crippen molar-refractivity contribution in [2.24, 2.45) is 0 Å². The van der Waals surface area contributed by atoms with Crippen LogP contribution in [0.4, 0.5) is 0 Å². The largest absolute Gasteiger partial charge is 0.372 e. The molecule has 0 fully saturated rings. The molecule has 0 aliphatic rings. The minimum absolute atomic E-state index is 0.129. The number of hydrogen-bond acceptors (Lipinski definition) is 4. The molecular formula is C27H25N3O3. The first-order valence-electron chi connectivity index (χ1n) is 10.7. The Morgan fingerprint density at radius 3 is 2.09 bits per heavy atom. The van der Waals surface area contributed by atoms with Crippen LogP contribution in [0.1, 0.15) is 32.9 Å². The third-order valence-corrected chi connectivity index (χ3v) is 5.18. The maximum atomic E-state index is 12.7. The normalized spacial score (nSPS) is 10.7. The van der Waals surface area contributed by atoms with Gasteiger partial charge in [-0.15, -0.1) is 0 Å². The summed E-state index contributed by atoms with van der Waals surface area (Å²) in [7, 11) is 0. The van der Waals surface area contributed by atoms with E-state index in [9.17, 15) is 9.59 Å². The van der Waals surface area contributed by atoms with Crippen LogP contribution in [0.2, 0.25) is 0 Å².